The Morgan fingerprint density at radius 2 is 2.29 bits per heavy atom. The van der Waals surface area contributed by atoms with Crippen LogP contribution in [0.15, 0.2) is 0 Å². The van der Waals surface area contributed by atoms with Crippen molar-refractivity contribution in [3.8, 4) is 0 Å². The fourth-order valence-electron chi connectivity index (χ4n) is 1.67. The Morgan fingerprint density at radius 3 is 3.00 bits per heavy atom. The van der Waals surface area contributed by atoms with Crippen molar-refractivity contribution in [1.29, 1.82) is 0 Å². The number of hydrogen-bond acceptors (Lipinski definition) is 3. The highest BCUT2D eigenvalue weighted by molar-refractivity contribution is 5.94. The third-order valence-corrected chi connectivity index (χ3v) is 2.44. The van der Waals surface area contributed by atoms with Crippen LogP contribution in [0.5, 0.6) is 0 Å². The Hall–Kier alpha value is -1.21. The van der Waals surface area contributed by atoms with E-state index in [9.17, 15) is 13.6 Å². The maximum Gasteiger partial charge on any atom is 0.272 e. The van der Waals surface area contributed by atoms with Gasteiger partial charge in [-0.3, -0.25) is 9.89 Å². The quantitative estimate of drug-likeness (QED) is 0.745. The summed E-state index contributed by atoms with van der Waals surface area (Å²) in [6.07, 6.45) is -1.78. The zero-order chi connectivity index (χ0) is 11.5. The van der Waals surface area contributed by atoms with Crippen molar-refractivity contribution >= 4 is 18.3 Å². The first-order valence-electron chi connectivity index (χ1n) is 5.01. The van der Waals surface area contributed by atoms with Crippen LogP contribution in [0.4, 0.5) is 8.78 Å². The van der Waals surface area contributed by atoms with E-state index in [4.69, 9.17) is 0 Å². The van der Waals surface area contributed by atoms with Gasteiger partial charge in [0.2, 0.25) is 0 Å². The minimum atomic E-state index is -2.54. The molecule has 3 N–H and O–H groups in total. The van der Waals surface area contributed by atoms with Crippen LogP contribution in [-0.4, -0.2) is 35.6 Å². The molecule has 1 aliphatic rings. The molecule has 0 saturated heterocycles. The predicted molar refractivity (Wildman–Crippen MR) is 59.6 cm³/mol. The summed E-state index contributed by atoms with van der Waals surface area (Å²) in [5, 5.41) is 11.8. The molecule has 0 bridgehead atoms. The Balaban J connectivity index is 0.00000144. The Labute approximate surface area is 103 Å². The van der Waals surface area contributed by atoms with Gasteiger partial charge in [-0.1, -0.05) is 0 Å². The predicted octanol–water partition coefficient (Wildman–Crippen LogP) is 0.472. The molecule has 1 aliphatic heterocycles. The molecule has 2 rings (SSSR count). The van der Waals surface area contributed by atoms with Crippen LogP contribution in [0.25, 0.3) is 0 Å². The van der Waals surface area contributed by atoms with E-state index in [-0.39, 0.29) is 18.1 Å². The van der Waals surface area contributed by atoms with Crippen LogP contribution >= 0.6 is 12.4 Å². The van der Waals surface area contributed by atoms with E-state index in [0.29, 0.717) is 6.54 Å². The van der Waals surface area contributed by atoms with Crippen molar-refractivity contribution in [3.63, 3.8) is 0 Å². The number of rotatable bonds is 3. The van der Waals surface area contributed by atoms with E-state index in [2.05, 4.69) is 20.8 Å². The third kappa shape index (κ3) is 3.13. The molecule has 0 atom stereocenters. The summed E-state index contributed by atoms with van der Waals surface area (Å²) in [7, 11) is 0. The Bertz CT molecular complexity index is 396. The number of nitrogens with one attached hydrogen (secondary N) is 3. The second-order valence-corrected chi connectivity index (χ2v) is 3.56. The van der Waals surface area contributed by atoms with E-state index in [1.165, 1.54) is 0 Å². The second-order valence-electron chi connectivity index (χ2n) is 3.56. The van der Waals surface area contributed by atoms with Gasteiger partial charge in [0, 0.05) is 30.8 Å². The highest BCUT2D eigenvalue weighted by Crippen LogP contribution is 2.14. The monoisotopic (exact) mass is 266 g/mol. The summed E-state index contributed by atoms with van der Waals surface area (Å²) < 4.78 is 23.8. The molecule has 2 heterocycles. The van der Waals surface area contributed by atoms with E-state index < -0.39 is 18.9 Å². The zero-order valence-electron chi connectivity index (χ0n) is 8.93. The summed E-state index contributed by atoms with van der Waals surface area (Å²) >= 11 is 0. The molecule has 1 amide bonds. The van der Waals surface area contributed by atoms with Crippen molar-refractivity contribution in [2.24, 2.45) is 0 Å². The fraction of sp³-hybridized carbons (Fsp3) is 0.556. The minimum absolute atomic E-state index is 0. The first-order valence-corrected chi connectivity index (χ1v) is 5.01. The lowest BCUT2D eigenvalue weighted by Gasteiger charge is -2.12. The summed E-state index contributed by atoms with van der Waals surface area (Å²) in [5.74, 6) is -0.554. The van der Waals surface area contributed by atoms with Gasteiger partial charge in [-0.2, -0.15) is 5.10 Å². The van der Waals surface area contributed by atoms with Gasteiger partial charge >= 0.3 is 0 Å². The zero-order valence-corrected chi connectivity index (χ0v) is 9.74. The van der Waals surface area contributed by atoms with E-state index >= 15 is 0 Å². The molecule has 96 valence electrons. The molecule has 0 unspecified atom stereocenters. The number of amides is 1. The van der Waals surface area contributed by atoms with Gasteiger partial charge in [0.25, 0.3) is 12.3 Å². The average molecular weight is 267 g/mol. The first-order chi connectivity index (χ1) is 7.68. The molecule has 1 aromatic heterocycles. The number of carbonyl (C=O) groups is 1. The van der Waals surface area contributed by atoms with Gasteiger partial charge in [-0.25, -0.2) is 8.78 Å². The van der Waals surface area contributed by atoms with Crippen LogP contribution in [0.3, 0.4) is 0 Å². The standard InChI is InChI=1S/C9H12F2N4O.ClH/c10-7(11)4-13-9(16)8-5-3-12-2-1-6(5)14-15-8;/h7,12H,1-4H2,(H,13,16)(H,14,15);1H. The topological polar surface area (TPSA) is 69.8 Å². The molecule has 8 heteroatoms. The van der Waals surface area contributed by atoms with E-state index in [0.717, 1.165) is 24.2 Å². The van der Waals surface area contributed by atoms with Crippen LogP contribution in [-0.2, 0) is 13.0 Å². The van der Waals surface area contributed by atoms with Crippen LogP contribution in [0.1, 0.15) is 21.7 Å². The number of fused-ring (bicyclic) bond motifs is 1. The number of alkyl halides is 2. The Morgan fingerprint density at radius 1 is 1.53 bits per heavy atom. The normalized spacial score (nSPS) is 14.1. The van der Waals surface area contributed by atoms with E-state index in [1.807, 2.05) is 0 Å². The minimum Gasteiger partial charge on any atom is -0.345 e. The van der Waals surface area contributed by atoms with Gasteiger partial charge in [-0.05, 0) is 0 Å². The number of aromatic amines is 1. The molecule has 0 fully saturated rings. The van der Waals surface area contributed by atoms with Gasteiger partial charge in [-0.15, -0.1) is 12.4 Å². The molecular weight excluding hydrogens is 254 g/mol. The van der Waals surface area contributed by atoms with Crippen LogP contribution in [0.2, 0.25) is 0 Å². The largest absolute Gasteiger partial charge is 0.345 e. The third-order valence-electron chi connectivity index (χ3n) is 2.44. The van der Waals surface area contributed by atoms with Gasteiger partial charge < -0.3 is 10.6 Å². The number of hydrogen-bond donors (Lipinski definition) is 3. The smallest absolute Gasteiger partial charge is 0.272 e. The molecule has 0 saturated carbocycles. The second kappa shape index (κ2) is 5.92. The van der Waals surface area contributed by atoms with Crippen molar-refractivity contribution in [2.45, 2.75) is 19.4 Å². The number of H-pyrrole nitrogens is 1. The summed E-state index contributed by atoms with van der Waals surface area (Å²) in [6, 6.07) is 0. The average Bonchev–Trinajstić information content (AvgIpc) is 2.69. The van der Waals surface area contributed by atoms with Crippen molar-refractivity contribution in [3.05, 3.63) is 17.0 Å². The summed E-state index contributed by atoms with van der Waals surface area (Å²) in [5.41, 5.74) is 1.89. The maximum atomic E-state index is 11.9. The highest BCUT2D eigenvalue weighted by Gasteiger charge is 2.21. The molecule has 0 spiro atoms. The van der Waals surface area contributed by atoms with Crippen LogP contribution in [0, 0.1) is 0 Å². The van der Waals surface area contributed by atoms with Gasteiger partial charge in [0.05, 0.1) is 6.54 Å². The molecule has 1 aromatic rings. The van der Waals surface area contributed by atoms with Gasteiger partial charge in [0.1, 0.15) is 0 Å². The maximum absolute atomic E-state index is 11.9. The van der Waals surface area contributed by atoms with Crippen molar-refractivity contribution in [2.75, 3.05) is 13.1 Å². The van der Waals surface area contributed by atoms with Crippen LogP contribution < -0.4 is 10.6 Å². The highest BCUT2D eigenvalue weighted by atomic mass is 35.5. The summed E-state index contributed by atoms with van der Waals surface area (Å²) in [6.45, 7) is 0.727. The molecular formula is C9H13ClF2N4O. The number of nitrogens with zero attached hydrogens (tertiary/aromatic N) is 1. The lowest BCUT2D eigenvalue weighted by Crippen LogP contribution is -2.31. The van der Waals surface area contributed by atoms with Gasteiger partial charge in [0.15, 0.2) is 5.69 Å². The molecule has 0 radical (unpaired) electrons. The lowest BCUT2D eigenvalue weighted by atomic mass is 10.1. The van der Waals surface area contributed by atoms with Crippen molar-refractivity contribution in [1.82, 2.24) is 20.8 Å². The molecule has 0 aromatic carbocycles. The fourth-order valence-corrected chi connectivity index (χ4v) is 1.67. The molecule has 0 aliphatic carbocycles. The van der Waals surface area contributed by atoms with Crippen molar-refractivity contribution < 1.29 is 13.6 Å². The molecule has 5 nitrogen and oxygen atoms in total. The number of aromatic nitrogens is 2. The molecule has 17 heavy (non-hydrogen) atoms. The summed E-state index contributed by atoms with van der Waals surface area (Å²) in [4.78, 5) is 11.5. The number of halogens is 3. The lowest BCUT2D eigenvalue weighted by molar-refractivity contribution is 0.0886. The van der Waals surface area contributed by atoms with E-state index in [1.54, 1.807) is 0 Å². The first kappa shape index (κ1) is 13.9. The Kier molecular flexibility index (Phi) is 4.83. The SMILES string of the molecule is Cl.O=C(NCC(F)F)c1n[nH]c2c1CNCC2. The number of carbonyl (C=O) groups excluding carboxylic acids is 1.